The summed E-state index contributed by atoms with van der Waals surface area (Å²) in [4.78, 5) is 2.40. The Hall–Kier alpha value is -0.770. The van der Waals surface area contributed by atoms with Crippen molar-refractivity contribution in [2.75, 3.05) is 39.5 Å². The molecule has 0 saturated carbocycles. The number of fused-ring (bicyclic) bond motifs is 1. The molecule has 3 nitrogen and oxygen atoms in total. The normalized spacial score (nSPS) is 18.7. The Morgan fingerprint density at radius 1 is 1.11 bits per heavy atom. The van der Waals surface area contributed by atoms with Gasteiger partial charge in [-0.15, -0.1) is 12.4 Å². The molecule has 0 atom stereocenters. The van der Waals surface area contributed by atoms with Gasteiger partial charge in [0.25, 0.3) is 0 Å². The summed E-state index contributed by atoms with van der Waals surface area (Å²) in [6, 6.07) is 6.57. The minimum absolute atomic E-state index is 0. The van der Waals surface area contributed by atoms with Crippen LogP contribution in [0.15, 0.2) is 18.2 Å². The lowest BCUT2D eigenvalue weighted by Crippen LogP contribution is -2.38. The molecule has 0 radical (unpaired) electrons. The highest BCUT2D eigenvalue weighted by molar-refractivity contribution is 5.85. The van der Waals surface area contributed by atoms with Crippen LogP contribution in [0.4, 0.5) is 0 Å². The molecule has 1 aliphatic heterocycles. The topological polar surface area (TPSA) is 21.7 Å². The smallest absolute Gasteiger partial charge is 0.119 e. The summed E-state index contributed by atoms with van der Waals surface area (Å²) in [5.41, 5.74) is 2.99. The Kier molecular flexibility index (Phi) is 5.49. The molecule has 0 bridgehead atoms. The second kappa shape index (κ2) is 7.13. The SMILES string of the molecule is Cl.c1cc2c(cc1OCCN1CCOCC1)CCC2. The molecule has 0 amide bonds. The standard InChI is InChI=1S/C15H21NO2.ClH/c1-2-13-4-5-15(12-14(13)3-1)18-11-8-16-6-9-17-10-7-16;/h4-5,12H,1-3,6-11H2;1H. The number of halogens is 1. The van der Waals surface area contributed by atoms with Gasteiger partial charge in [0.05, 0.1) is 13.2 Å². The van der Waals surface area contributed by atoms with Crippen molar-refractivity contribution in [1.82, 2.24) is 4.90 Å². The number of nitrogens with zero attached hydrogens (tertiary/aromatic N) is 1. The molecule has 0 spiro atoms. The molecule has 1 aromatic carbocycles. The van der Waals surface area contributed by atoms with Crippen LogP contribution in [-0.2, 0) is 17.6 Å². The Morgan fingerprint density at radius 2 is 1.89 bits per heavy atom. The molecule has 1 aliphatic carbocycles. The first-order valence-corrected chi connectivity index (χ1v) is 6.96. The molecular weight excluding hydrogens is 262 g/mol. The van der Waals surface area contributed by atoms with Crippen LogP contribution in [0.5, 0.6) is 5.75 Å². The molecule has 0 unspecified atom stereocenters. The van der Waals surface area contributed by atoms with E-state index in [1.807, 2.05) is 0 Å². The summed E-state index contributed by atoms with van der Waals surface area (Å²) in [6.45, 7) is 5.57. The molecule has 1 saturated heterocycles. The van der Waals surface area contributed by atoms with Gasteiger partial charge >= 0.3 is 0 Å². The number of hydrogen-bond donors (Lipinski definition) is 0. The lowest BCUT2D eigenvalue weighted by atomic mass is 10.1. The van der Waals surface area contributed by atoms with Gasteiger partial charge in [-0.05, 0) is 42.5 Å². The van der Waals surface area contributed by atoms with Crippen molar-refractivity contribution in [3.63, 3.8) is 0 Å². The third-order valence-corrected chi connectivity index (χ3v) is 3.85. The first-order chi connectivity index (χ1) is 8.92. The maximum Gasteiger partial charge on any atom is 0.119 e. The molecule has 1 aromatic rings. The van der Waals surface area contributed by atoms with E-state index in [1.165, 1.54) is 30.4 Å². The average molecular weight is 284 g/mol. The molecule has 0 aromatic heterocycles. The van der Waals surface area contributed by atoms with Gasteiger partial charge in [0, 0.05) is 19.6 Å². The average Bonchev–Trinajstić information content (AvgIpc) is 2.87. The van der Waals surface area contributed by atoms with Crippen LogP contribution in [0, 0.1) is 0 Å². The molecular formula is C15H22ClNO2. The van der Waals surface area contributed by atoms with Gasteiger partial charge in [0.1, 0.15) is 12.4 Å². The summed E-state index contributed by atoms with van der Waals surface area (Å²) in [5, 5.41) is 0. The minimum Gasteiger partial charge on any atom is -0.492 e. The Morgan fingerprint density at radius 3 is 2.74 bits per heavy atom. The number of ether oxygens (including phenoxy) is 2. The van der Waals surface area contributed by atoms with Crippen LogP contribution in [0.1, 0.15) is 17.5 Å². The van der Waals surface area contributed by atoms with Crippen LogP contribution in [0.2, 0.25) is 0 Å². The maximum absolute atomic E-state index is 5.85. The highest BCUT2D eigenvalue weighted by Gasteiger charge is 2.12. The Balaban J connectivity index is 0.00000133. The quantitative estimate of drug-likeness (QED) is 0.846. The zero-order chi connectivity index (χ0) is 12.2. The van der Waals surface area contributed by atoms with Crippen LogP contribution in [-0.4, -0.2) is 44.4 Å². The zero-order valence-electron chi connectivity index (χ0n) is 11.3. The lowest BCUT2D eigenvalue weighted by Gasteiger charge is -2.26. The van der Waals surface area contributed by atoms with Gasteiger partial charge < -0.3 is 9.47 Å². The highest BCUT2D eigenvalue weighted by Crippen LogP contribution is 2.25. The zero-order valence-corrected chi connectivity index (χ0v) is 12.1. The van der Waals surface area contributed by atoms with Gasteiger partial charge in [0.15, 0.2) is 0 Å². The summed E-state index contributed by atoms with van der Waals surface area (Å²) >= 11 is 0. The first kappa shape index (κ1) is 14.6. The monoisotopic (exact) mass is 283 g/mol. The summed E-state index contributed by atoms with van der Waals surface area (Å²) in [7, 11) is 0. The van der Waals surface area contributed by atoms with Crippen molar-refractivity contribution in [2.24, 2.45) is 0 Å². The fourth-order valence-corrected chi connectivity index (χ4v) is 2.76. The van der Waals surface area contributed by atoms with Crippen molar-refractivity contribution >= 4 is 12.4 Å². The van der Waals surface area contributed by atoms with E-state index in [9.17, 15) is 0 Å². The third kappa shape index (κ3) is 3.85. The van der Waals surface area contributed by atoms with Gasteiger partial charge in [-0.3, -0.25) is 4.90 Å². The number of morpholine rings is 1. The minimum atomic E-state index is 0. The number of rotatable bonds is 4. The number of hydrogen-bond acceptors (Lipinski definition) is 3. The van der Waals surface area contributed by atoms with Gasteiger partial charge in [-0.25, -0.2) is 0 Å². The van der Waals surface area contributed by atoms with Crippen molar-refractivity contribution < 1.29 is 9.47 Å². The van der Waals surface area contributed by atoms with E-state index in [2.05, 4.69) is 23.1 Å². The lowest BCUT2D eigenvalue weighted by molar-refractivity contribution is 0.0322. The molecule has 2 aliphatic rings. The van der Waals surface area contributed by atoms with Gasteiger partial charge in [-0.1, -0.05) is 6.07 Å². The van der Waals surface area contributed by atoms with E-state index in [0.29, 0.717) is 0 Å². The molecule has 0 N–H and O–H groups in total. The van der Waals surface area contributed by atoms with Crippen LogP contribution in [0.3, 0.4) is 0 Å². The van der Waals surface area contributed by atoms with Crippen LogP contribution in [0.25, 0.3) is 0 Å². The molecule has 1 fully saturated rings. The second-order valence-electron chi connectivity index (χ2n) is 5.09. The fourth-order valence-electron chi connectivity index (χ4n) is 2.76. The van der Waals surface area contributed by atoms with E-state index in [-0.39, 0.29) is 12.4 Å². The summed E-state index contributed by atoms with van der Waals surface area (Å²) in [5.74, 6) is 1.03. The Bertz CT molecular complexity index is 405. The van der Waals surface area contributed by atoms with Crippen molar-refractivity contribution in [2.45, 2.75) is 19.3 Å². The second-order valence-corrected chi connectivity index (χ2v) is 5.09. The molecule has 1 heterocycles. The van der Waals surface area contributed by atoms with Crippen LogP contribution >= 0.6 is 12.4 Å². The van der Waals surface area contributed by atoms with Gasteiger partial charge in [0.2, 0.25) is 0 Å². The fraction of sp³-hybridized carbons (Fsp3) is 0.600. The van der Waals surface area contributed by atoms with Crippen molar-refractivity contribution in [1.29, 1.82) is 0 Å². The molecule has 106 valence electrons. The highest BCUT2D eigenvalue weighted by atomic mass is 35.5. The number of benzene rings is 1. The summed E-state index contributed by atoms with van der Waals surface area (Å²) in [6.07, 6.45) is 3.76. The van der Waals surface area contributed by atoms with Crippen molar-refractivity contribution in [3.8, 4) is 5.75 Å². The third-order valence-electron chi connectivity index (χ3n) is 3.85. The molecule has 4 heteroatoms. The summed E-state index contributed by atoms with van der Waals surface area (Å²) < 4.78 is 11.2. The van der Waals surface area contributed by atoms with Crippen molar-refractivity contribution in [3.05, 3.63) is 29.3 Å². The first-order valence-electron chi connectivity index (χ1n) is 6.96. The predicted molar refractivity (Wildman–Crippen MR) is 78.5 cm³/mol. The largest absolute Gasteiger partial charge is 0.492 e. The van der Waals surface area contributed by atoms with Crippen LogP contribution < -0.4 is 4.74 Å². The Labute approximate surface area is 121 Å². The number of aryl methyl sites for hydroxylation is 2. The van der Waals surface area contributed by atoms with E-state index < -0.39 is 0 Å². The van der Waals surface area contributed by atoms with E-state index in [1.54, 1.807) is 0 Å². The van der Waals surface area contributed by atoms with Gasteiger partial charge in [-0.2, -0.15) is 0 Å². The molecule has 19 heavy (non-hydrogen) atoms. The predicted octanol–water partition coefficient (Wildman–Crippen LogP) is 2.31. The van der Waals surface area contributed by atoms with E-state index >= 15 is 0 Å². The maximum atomic E-state index is 5.85. The van der Waals surface area contributed by atoms with E-state index in [4.69, 9.17) is 9.47 Å². The van der Waals surface area contributed by atoms with E-state index in [0.717, 1.165) is 45.2 Å². The molecule has 3 rings (SSSR count).